The molecule has 1 aliphatic rings. The Morgan fingerprint density at radius 1 is 1.23 bits per heavy atom. The van der Waals surface area contributed by atoms with Crippen molar-refractivity contribution in [3.63, 3.8) is 0 Å². The third-order valence-corrected chi connectivity index (χ3v) is 5.65. The number of hydrogen-bond donors (Lipinski definition) is 0. The minimum Gasteiger partial charge on any atom is -0.483 e. The third kappa shape index (κ3) is 3.47. The quantitative estimate of drug-likeness (QED) is 0.397. The topological polar surface area (TPSA) is 60.8 Å². The summed E-state index contributed by atoms with van der Waals surface area (Å²) < 4.78 is 10.6. The van der Waals surface area contributed by atoms with Gasteiger partial charge in [0.15, 0.2) is 6.40 Å². The standard InChI is InChI=1S/C20H26N2O3S/c1-5-24-11-21-17-15-13-9-7-8-10-14(13)16(12(3)4)22-19(15)26-18(17)20(23)25-6-2/h11-12H,5-10H2,1-4H3. The lowest BCUT2D eigenvalue weighted by molar-refractivity contribution is 0.0533. The molecule has 140 valence electrons. The van der Waals surface area contributed by atoms with Crippen LogP contribution in [0.4, 0.5) is 5.69 Å². The van der Waals surface area contributed by atoms with Gasteiger partial charge in [0, 0.05) is 11.1 Å². The predicted octanol–water partition coefficient (Wildman–Crippen LogP) is 5.17. The van der Waals surface area contributed by atoms with E-state index in [2.05, 4.69) is 18.8 Å². The molecule has 3 rings (SSSR count). The number of aliphatic imine (C=N–C) groups is 1. The zero-order valence-electron chi connectivity index (χ0n) is 15.9. The lowest BCUT2D eigenvalue weighted by Crippen LogP contribution is -2.10. The van der Waals surface area contributed by atoms with Gasteiger partial charge >= 0.3 is 5.97 Å². The molecule has 26 heavy (non-hydrogen) atoms. The summed E-state index contributed by atoms with van der Waals surface area (Å²) in [5.74, 6) is 0.0181. The number of rotatable bonds is 6. The minimum atomic E-state index is -0.338. The highest BCUT2D eigenvalue weighted by molar-refractivity contribution is 7.21. The summed E-state index contributed by atoms with van der Waals surface area (Å²) in [5, 5.41) is 1.01. The average molecular weight is 375 g/mol. The van der Waals surface area contributed by atoms with Crippen LogP contribution in [0.5, 0.6) is 0 Å². The monoisotopic (exact) mass is 374 g/mol. The Hall–Kier alpha value is -1.95. The van der Waals surface area contributed by atoms with Gasteiger partial charge in [-0.1, -0.05) is 13.8 Å². The number of esters is 1. The second-order valence-corrected chi connectivity index (χ2v) is 7.69. The largest absolute Gasteiger partial charge is 0.483 e. The minimum absolute atomic E-state index is 0.338. The molecule has 0 fully saturated rings. The molecule has 0 spiro atoms. The highest BCUT2D eigenvalue weighted by Gasteiger charge is 2.27. The number of aryl methyl sites for hydroxylation is 1. The normalized spacial score (nSPS) is 14.2. The first-order chi connectivity index (χ1) is 12.6. The van der Waals surface area contributed by atoms with Crippen molar-refractivity contribution in [2.75, 3.05) is 13.2 Å². The van der Waals surface area contributed by atoms with Crippen LogP contribution in [-0.4, -0.2) is 30.6 Å². The van der Waals surface area contributed by atoms with Crippen molar-refractivity contribution < 1.29 is 14.3 Å². The molecule has 2 aromatic rings. The van der Waals surface area contributed by atoms with Gasteiger partial charge < -0.3 is 9.47 Å². The van der Waals surface area contributed by atoms with E-state index < -0.39 is 0 Å². The molecular formula is C20H26N2O3S. The van der Waals surface area contributed by atoms with E-state index in [1.807, 2.05) is 13.8 Å². The van der Waals surface area contributed by atoms with Gasteiger partial charge in [-0.05, 0) is 56.6 Å². The summed E-state index contributed by atoms with van der Waals surface area (Å²) in [6, 6.07) is 0. The molecule has 0 saturated carbocycles. The first kappa shape index (κ1) is 18.8. The lowest BCUT2D eigenvalue weighted by atomic mass is 9.86. The number of fused-ring (bicyclic) bond motifs is 3. The number of carbonyl (C=O) groups excluding carboxylic acids is 1. The van der Waals surface area contributed by atoms with Crippen LogP contribution in [0.25, 0.3) is 10.2 Å². The number of carbonyl (C=O) groups is 1. The summed E-state index contributed by atoms with van der Waals surface area (Å²) in [4.78, 5) is 23.3. The van der Waals surface area contributed by atoms with Crippen molar-refractivity contribution in [2.24, 2.45) is 4.99 Å². The van der Waals surface area contributed by atoms with E-state index >= 15 is 0 Å². The van der Waals surface area contributed by atoms with Crippen LogP contribution >= 0.6 is 11.3 Å². The van der Waals surface area contributed by atoms with Gasteiger partial charge in [-0.15, -0.1) is 11.3 Å². The van der Waals surface area contributed by atoms with Gasteiger partial charge in [-0.2, -0.15) is 0 Å². The maximum Gasteiger partial charge on any atom is 0.350 e. The van der Waals surface area contributed by atoms with E-state index in [0.717, 1.165) is 35.2 Å². The van der Waals surface area contributed by atoms with E-state index in [9.17, 15) is 4.79 Å². The molecule has 0 aliphatic heterocycles. The molecule has 6 heteroatoms. The van der Waals surface area contributed by atoms with E-state index in [4.69, 9.17) is 14.5 Å². The Morgan fingerprint density at radius 2 is 1.96 bits per heavy atom. The Morgan fingerprint density at radius 3 is 2.62 bits per heavy atom. The molecule has 0 unspecified atom stereocenters. The Labute approximate surface area is 158 Å². The average Bonchev–Trinajstić information content (AvgIpc) is 3.00. The van der Waals surface area contributed by atoms with Gasteiger partial charge in [0.2, 0.25) is 0 Å². The predicted molar refractivity (Wildman–Crippen MR) is 106 cm³/mol. The van der Waals surface area contributed by atoms with Crippen LogP contribution in [-0.2, 0) is 22.3 Å². The zero-order valence-corrected chi connectivity index (χ0v) is 16.7. The maximum absolute atomic E-state index is 12.5. The second-order valence-electron chi connectivity index (χ2n) is 6.69. The van der Waals surface area contributed by atoms with Crippen molar-refractivity contribution in [3.8, 4) is 0 Å². The number of thiophene rings is 1. The fourth-order valence-corrected chi connectivity index (χ4v) is 4.56. The Bertz CT molecular complexity index is 839. The number of aromatic nitrogens is 1. The molecule has 0 N–H and O–H groups in total. The van der Waals surface area contributed by atoms with Gasteiger partial charge in [-0.3, -0.25) is 0 Å². The van der Waals surface area contributed by atoms with Gasteiger partial charge in [-0.25, -0.2) is 14.8 Å². The first-order valence-electron chi connectivity index (χ1n) is 9.37. The van der Waals surface area contributed by atoms with Crippen LogP contribution in [0.1, 0.15) is 72.9 Å². The van der Waals surface area contributed by atoms with Gasteiger partial charge in [0.05, 0.1) is 13.2 Å². The molecule has 2 heterocycles. The second kappa shape index (κ2) is 8.16. The van der Waals surface area contributed by atoms with Crippen molar-refractivity contribution in [3.05, 3.63) is 21.7 Å². The van der Waals surface area contributed by atoms with E-state index in [0.29, 0.717) is 29.7 Å². The van der Waals surface area contributed by atoms with E-state index in [1.54, 1.807) is 0 Å². The molecule has 0 amide bonds. The highest BCUT2D eigenvalue weighted by Crippen LogP contribution is 2.44. The SMILES string of the molecule is CCOC=Nc1c(C(=O)OCC)sc2nc(C(C)C)c3c(c12)CCCC3. The summed E-state index contributed by atoms with van der Waals surface area (Å²) >= 11 is 1.38. The Kier molecular flexibility index (Phi) is 5.91. The van der Waals surface area contributed by atoms with Crippen LogP contribution in [0.2, 0.25) is 0 Å². The van der Waals surface area contributed by atoms with Crippen LogP contribution < -0.4 is 0 Å². The fourth-order valence-electron chi connectivity index (χ4n) is 3.50. The number of nitrogens with zero attached hydrogens (tertiary/aromatic N) is 2. The summed E-state index contributed by atoms with van der Waals surface area (Å²) in [6.45, 7) is 8.94. The van der Waals surface area contributed by atoms with Crippen LogP contribution in [0, 0.1) is 0 Å². The smallest absolute Gasteiger partial charge is 0.350 e. The number of ether oxygens (including phenoxy) is 2. The maximum atomic E-state index is 12.5. The van der Waals surface area contributed by atoms with Crippen molar-refractivity contribution in [1.82, 2.24) is 4.98 Å². The first-order valence-corrected chi connectivity index (χ1v) is 10.2. The van der Waals surface area contributed by atoms with E-state index in [1.165, 1.54) is 35.3 Å². The zero-order chi connectivity index (χ0) is 18.7. The number of hydrogen-bond acceptors (Lipinski definition) is 6. The highest BCUT2D eigenvalue weighted by atomic mass is 32.1. The molecule has 1 aliphatic carbocycles. The molecule has 5 nitrogen and oxygen atoms in total. The molecule has 0 radical (unpaired) electrons. The molecule has 2 aromatic heterocycles. The van der Waals surface area contributed by atoms with Crippen molar-refractivity contribution >= 4 is 39.6 Å². The summed E-state index contributed by atoms with van der Waals surface area (Å²) in [7, 11) is 0. The third-order valence-electron chi connectivity index (χ3n) is 4.60. The van der Waals surface area contributed by atoms with Crippen LogP contribution in [0.3, 0.4) is 0 Å². The van der Waals surface area contributed by atoms with Gasteiger partial charge in [0.1, 0.15) is 15.4 Å². The summed E-state index contributed by atoms with van der Waals surface area (Å²) in [6.07, 6.45) is 5.82. The van der Waals surface area contributed by atoms with Crippen molar-refractivity contribution in [2.45, 2.75) is 59.3 Å². The lowest BCUT2D eigenvalue weighted by Gasteiger charge is -2.21. The molecule has 0 bridgehead atoms. The van der Waals surface area contributed by atoms with E-state index in [-0.39, 0.29) is 5.97 Å². The molecule has 0 atom stereocenters. The molecule has 0 saturated heterocycles. The summed E-state index contributed by atoms with van der Waals surface area (Å²) in [5.41, 5.74) is 4.46. The number of pyridine rings is 1. The molecular weight excluding hydrogens is 348 g/mol. The van der Waals surface area contributed by atoms with Crippen molar-refractivity contribution in [1.29, 1.82) is 0 Å². The Balaban J connectivity index is 2.27. The van der Waals surface area contributed by atoms with Gasteiger partial charge in [0.25, 0.3) is 0 Å². The van der Waals surface area contributed by atoms with Crippen LogP contribution in [0.15, 0.2) is 4.99 Å². The molecule has 0 aromatic carbocycles. The fraction of sp³-hybridized carbons (Fsp3) is 0.550.